The van der Waals surface area contributed by atoms with Crippen molar-refractivity contribution in [2.45, 2.75) is 92.1 Å². The minimum atomic E-state index is -2.09. The number of hydrogen-bond donors (Lipinski definition) is 17. The summed E-state index contributed by atoms with van der Waals surface area (Å²) < 4.78 is 51.1. The van der Waals surface area contributed by atoms with Crippen LogP contribution in [0, 0.1) is 0 Å². The largest absolute Gasteiger partial charge is 0.507 e. The molecule has 1 aromatic heterocycles. The molecule has 28 nitrogen and oxygen atoms in total. The normalized spacial score (nSPS) is 29.1. The van der Waals surface area contributed by atoms with E-state index >= 15 is 0 Å². The molecule has 3 aliphatic heterocycles. The Bertz CT molecular complexity index is 3070. The van der Waals surface area contributed by atoms with E-state index in [-0.39, 0.29) is 22.1 Å². The topological polar surface area (TPSA) is 463 Å². The minimum absolute atomic E-state index is 0.196. The lowest BCUT2D eigenvalue weighted by Gasteiger charge is -2.40. The monoisotopic (exact) mass is 1110 g/mol. The van der Waals surface area contributed by atoms with E-state index in [1.54, 1.807) is 0 Å². The molecule has 28 heteroatoms. The zero-order chi connectivity index (χ0) is 57.1. The van der Waals surface area contributed by atoms with Crippen molar-refractivity contribution in [3.8, 4) is 68.8 Å². The summed E-state index contributed by atoms with van der Waals surface area (Å²) in [6.07, 6.45) is -24.2. The van der Waals surface area contributed by atoms with Gasteiger partial charge < -0.3 is 125 Å². The molecule has 0 bridgehead atoms. The number of aromatic hydroxyl groups is 7. The van der Waals surface area contributed by atoms with Gasteiger partial charge in [-0.25, -0.2) is 14.0 Å². The Morgan fingerprint density at radius 1 is 0.481 bits per heavy atom. The number of aliphatic hydroxyl groups is 10. The predicted octanol–water partition coefficient (Wildman–Crippen LogP) is -1.62. The van der Waals surface area contributed by atoms with Gasteiger partial charge in [0.2, 0.25) is 30.4 Å². The number of carbonyl (C=O) groups excluding carboxylic acids is 2. The Hall–Kier alpha value is -7.81. The van der Waals surface area contributed by atoms with Gasteiger partial charge in [-0.1, -0.05) is 12.1 Å². The van der Waals surface area contributed by atoms with Crippen LogP contribution in [0.15, 0.2) is 83.3 Å². The summed E-state index contributed by atoms with van der Waals surface area (Å²) in [5.74, 6) is -8.52. The summed E-state index contributed by atoms with van der Waals surface area (Å²) in [7, 11) is 0. The zero-order valence-corrected chi connectivity index (χ0v) is 40.5. The predicted molar refractivity (Wildman–Crippen MR) is 260 cm³/mol. The van der Waals surface area contributed by atoms with E-state index in [9.17, 15) is 96.4 Å². The van der Waals surface area contributed by atoms with Crippen molar-refractivity contribution in [2.75, 3.05) is 19.8 Å². The van der Waals surface area contributed by atoms with Gasteiger partial charge in [-0.2, -0.15) is 0 Å². The van der Waals surface area contributed by atoms with Crippen molar-refractivity contribution in [3.05, 3.63) is 90.0 Å². The SMILES string of the molecule is O=C(/C=C/c1ccc(O)c(O)c1)OC[C@H]1O[C@@H](Oc2cc(-c3[o+]c4cc(O)cc(O[C@@H]5O[C@H](COC(=O)/C=C/c6ccc(O)c(O)c6)[C@@H](O)[C@H](O)[C@H]5O)c4cc3O[C@@H]3O[C@H](CO)[C@@H](O)[C@H](O)[C@H]3O)cc(O)c2O)[C@H](O)[C@@H](O)[C@@H]1O. The first-order valence-corrected chi connectivity index (χ1v) is 23.6. The first-order chi connectivity index (χ1) is 37.5. The standard InChI is InChI=1S/C51H52O28/c52-16-33-39(62)42(65)45(68)51(77-33)76-32-15-23-29(13-22(53)14-30(23)74-49-46(69)43(66)40(63)34(78-49)17-71-36(59)7-3-19-1-5-24(54)26(56)9-19)73-48(32)21-11-28(58)38(61)31(12-21)75-50-47(70)44(67)41(64)35(79-50)18-72-37(60)8-4-20-2-6-25(55)27(57)10-20/h1-15,33-35,39-47,49-52,62-70H,16-18H2,(H6-,53,54,55,56,57,58,59,60,61)/p+1/t33-,34-,35-,39-,40-,41-,42+,43+,44+,45-,46-,47-,49-,50-,51-/m1/s1. The van der Waals surface area contributed by atoms with Crippen LogP contribution in [0.5, 0.6) is 57.5 Å². The molecular formula is C51H53O28+. The van der Waals surface area contributed by atoms with Gasteiger partial charge in [-0.15, -0.1) is 0 Å². The van der Waals surface area contributed by atoms with E-state index in [0.29, 0.717) is 5.56 Å². The van der Waals surface area contributed by atoms with Crippen LogP contribution in [0.2, 0.25) is 0 Å². The van der Waals surface area contributed by atoms with Crippen molar-refractivity contribution >= 4 is 35.1 Å². The van der Waals surface area contributed by atoms with E-state index in [4.69, 9.17) is 42.3 Å². The van der Waals surface area contributed by atoms with E-state index in [1.807, 2.05) is 0 Å². The molecule has 3 saturated heterocycles. The van der Waals surface area contributed by atoms with Crippen molar-refractivity contribution in [2.24, 2.45) is 0 Å². The number of aliphatic hydroxyl groups excluding tert-OH is 10. The van der Waals surface area contributed by atoms with E-state index in [0.717, 1.165) is 54.6 Å². The molecule has 4 heterocycles. The lowest BCUT2D eigenvalue weighted by Crippen LogP contribution is -2.60. The van der Waals surface area contributed by atoms with Crippen LogP contribution in [0.4, 0.5) is 0 Å². The maximum absolute atomic E-state index is 12.6. The number of rotatable bonds is 16. The van der Waals surface area contributed by atoms with Gasteiger partial charge in [0.25, 0.3) is 0 Å². The van der Waals surface area contributed by atoms with Gasteiger partial charge in [-0.05, 0) is 47.5 Å². The first-order valence-electron chi connectivity index (χ1n) is 23.6. The Balaban J connectivity index is 1.08. The molecular weight excluding hydrogens is 1060 g/mol. The molecule has 3 aliphatic rings. The number of ether oxygens (including phenoxy) is 8. The quantitative estimate of drug-likeness (QED) is 0.0229. The number of esters is 2. The average Bonchev–Trinajstić information content (AvgIpc) is 3.44. The van der Waals surface area contributed by atoms with Crippen LogP contribution in [-0.4, -0.2) is 211 Å². The van der Waals surface area contributed by atoms with Crippen LogP contribution >= 0.6 is 0 Å². The third kappa shape index (κ3) is 12.7. The van der Waals surface area contributed by atoms with Gasteiger partial charge in [0.15, 0.2) is 34.5 Å². The Kier molecular flexibility index (Phi) is 17.5. The van der Waals surface area contributed by atoms with E-state index < -0.39 is 187 Å². The fourth-order valence-corrected chi connectivity index (χ4v) is 8.26. The van der Waals surface area contributed by atoms with Crippen molar-refractivity contribution < 1.29 is 139 Å². The van der Waals surface area contributed by atoms with E-state index in [1.165, 1.54) is 36.4 Å². The second-order valence-electron chi connectivity index (χ2n) is 18.1. The molecule has 8 rings (SSSR count). The number of benzene rings is 4. The van der Waals surface area contributed by atoms with Crippen LogP contribution < -0.4 is 14.2 Å². The molecule has 0 aliphatic carbocycles. The smallest absolute Gasteiger partial charge is 0.402 e. The fraction of sp³-hybridized carbons (Fsp3) is 0.353. The molecule has 79 heavy (non-hydrogen) atoms. The number of phenols is 7. The first kappa shape index (κ1) is 57.4. The second kappa shape index (κ2) is 24.1. The third-order valence-corrected chi connectivity index (χ3v) is 12.6. The van der Waals surface area contributed by atoms with Crippen molar-refractivity contribution in [1.29, 1.82) is 0 Å². The molecule has 17 N–H and O–H groups in total. The van der Waals surface area contributed by atoms with Crippen LogP contribution in [0.1, 0.15) is 11.1 Å². The summed E-state index contributed by atoms with van der Waals surface area (Å²) in [5, 5.41) is 179. The minimum Gasteiger partial charge on any atom is -0.507 e. The summed E-state index contributed by atoms with van der Waals surface area (Å²) >= 11 is 0. The molecule has 0 amide bonds. The molecule has 0 saturated carbocycles. The highest BCUT2D eigenvalue weighted by molar-refractivity contribution is 5.90. The average molecular weight is 1110 g/mol. The highest BCUT2D eigenvalue weighted by atomic mass is 16.7. The van der Waals surface area contributed by atoms with Gasteiger partial charge in [0, 0.05) is 36.4 Å². The summed E-state index contributed by atoms with van der Waals surface area (Å²) in [6.45, 7) is -2.40. The lowest BCUT2D eigenvalue weighted by atomic mass is 9.99. The van der Waals surface area contributed by atoms with Crippen LogP contribution in [0.25, 0.3) is 34.4 Å². The number of phenolic OH excluding ortho intramolecular Hbond substituents is 7. The number of carbonyl (C=O) groups is 2. The molecule has 0 unspecified atom stereocenters. The summed E-state index contributed by atoms with van der Waals surface area (Å²) in [5.41, 5.74) is -0.0775. The van der Waals surface area contributed by atoms with Gasteiger partial charge in [0.05, 0.1) is 18.2 Å². The van der Waals surface area contributed by atoms with Crippen molar-refractivity contribution in [1.82, 2.24) is 0 Å². The van der Waals surface area contributed by atoms with Crippen LogP contribution in [-0.2, 0) is 33.3 Å². The van der Waals surface area contributed by atoms with Crippen molar-refractivity contribution in [3.63, 3.8) is 0 Å². The summed E-state index contributed by atoms with van der Waals surface area (Å²) in [6, 6.07) is 12.3. The highest BCUT2D eigenvalue weighted by Gasteiger charge is 2.49. The van der Waals surface area contributed by atoms with Gasteiger partial charge in [0.1, 0.15) is 103 Å². The number of fused-ring (bicyclic) bond motifs is 1. The molecule has 0 radical (unpaired) electrons. The molecule has 3 fully saturated rings. The molecule has 0 spiro atoms. The Morgan fingerprint density at radius 2 is 0.937 bits per heavy atom. The maximum Gasteiger partial charge on any atom is 0.402 e. The maximum atomic E-state index is 12.6. The summed E-state index contributed by atoms with van der Waals surface area (Å²) in [4.78, 5) is 25.2. The Labute approximate surface area is 443 Å². The lowest BCUT2D eigenvalue weighted by molar-refractivity contribution is -0.278. The highest BCUT2D eigenvalue weighted by Crippen LogP contribution is 2.47. The van der Waals surface area contributed by atoms with Crippen LogP contribution in [0.3, 0.4) is 0 Å². The van der Waals surface area contributed by atoms with Gasteiger partial charge in [-0.3, -0.25) is 0 Å². The third-order valence-electron chi connectivity index (χ3n) is 12.6. The second-order valence-corrected chi connectivity index (χ2v) is 18.1. The molecule has 424 valence electrons. The molecule has 4 aromatic carbocycles. The Morgan fingerprint density at radius 3 is 1.42 bits per heavy atom. The molecule has 15 atom stereocenters. The fourth-order valence-electron chi connectivity index (χ4n) is 8.26. The molecule has 5 aromatic rings. The van der Waals surface area contributed by atoms with E-state index in [2.05, 4.69) is 0 Å². The zero-order valence-electron chi connectivity index (χ0n) is 40.5. The van der Waals surface area contributed by atoms with Gasteiger partial charge >= 0.3 is 23.3 Å². The number of hydrogen-bond acceptors (Lipinski definition) is 27.